The summed E-state index contributed by atoms with van der Waals surface area (Å²) in [4.78, 5) is 14.4. The van der Waals surface area contributed by atoms with Gasteiger partial charge in [-0.3, -0.25) is 4.79 Å². The maximum absolute atomic E-state index is 12.4. The van der Waals surface area contributed by atoms with Gasteiger partial charge in [-0.05, 0) is 41.8 Å². The molecule has 16 heavy (non-hydrogen) atoms. The first-order valence-electron chi connectivity index (χ1n) is 5.55. The van der Waals surface area contributed by atoms with Gasteiger partial charge in [0, 0.05) is 16.0 Å². The average molecular weight is 303 g/mol. The summed E-state index contributed by atoms with van der Waals surface area (Å²) in [5.41, 5.74) is 0. The highest BCUT2D eigenvalue weighted by molar-refractivity contribution is 9.10. The number of carbonyl (C=O) groups is 1. The van der Waals surface area contributed by atoms with Gasteiger partial charge in [0.05, 0.1) is 16.9 Å². The molecule has 1 fully saturated rings. The molecule has 0 spiro atoms. The molecule has 0 N–H and O–H groups in total. The highest BCUT2D eigenvalue weighted by atomic mass is 79.9. The fourth-order valence-corrected chi connectivity index (χ4v) is 4.01. The number of hydrogen-bond acceptors (Lipinski definition) is 3. The Hall–Kier alpha value is -0.190. The van der Waals surface area contributed by atoms with Crippen LogP contribution in [-0.4, -0.2) is 18.5 Å². The van der Waals surface area contributed by atoms with Crippen molar-refractivity contribution in [2.24, 2.45) is 5.92 Å². The molecule has 2 heterocycles. The molecule has 0 aromatic carbocycles. The van der Waals surface area contributed by atoms with Crippen molar-refractivity contribution >= 4 is 33.0 Å². The van der Waals surface area contributed by atoms with Gasteiger partial charge in [-0.25, -0.2) is 0 Å². The second-order valence-electron chi connectivity index (χ2n) is 4.11. The SMILES string of the molecule is CCC1OCCC1C(=O)c1sc(C)cc1Br. The molecule has 2 atom stereocenters. The van der Waals surface area contributed by atoms with Crippen LogP contribution in [0.3, 0.4) is 0 Å². The molecule has 1 aliphatic rings. The van der Waals surface area contributed by atoms with Crippen molar-refractivity contribution in [3.63, 3.8) is 0 Å². The van der Waals surface area contributed by atoms with Crippen molar-refractivity contribution < 1.29 is 9.53 Å². The van der Waals surface area contributed by atoms with Crippen LogP contribution in [0, 0.1) is 12.8 Å². The Morgan fingerprint density at radius 1 is 1.69 bits per heavy atom. The van der Waals surface area contributed by atoms with Gasteiger partial charge in [0.2, 0.25) is 0 Å². The van der Waals surface area contributed by atoms with Crippen LogP contribution in [0.25, 0.3) is 0 Å². The van der Waals surface area contributed by atoms with Gasteiger partial charge in [0.25, 0.3) is 0 Å². The van der Waals surface area contributed by atoms with Crippen molar-refractivity contribution in [2.75, 3.05) is 6.61 Å². The Bertz CT molecular complexity index is 400. The minimum Gasteiger partial charge on any atom is -0.377 e. The Kier molecular flexibility index (Phi) is 3.82. The minimum absolute atomic E-state index is 0.0550. The molecule has 0 amide bonds. The Labute approximate surface area is 108 Å². The monoisotopic (exact) mass is 302 g/mol. The summed E-state index contributed by atoms with van der Waals surface area (Å²) in [5.74, 6) is 0.300. The summed E-state index contributed by atoms with van der Waals surface area (Å²) in [5, 5.41) is 0. The molecule has 2 rings (SSSR count). The van der Waals surface area contributed by atoms with Gasteiger partial charge in [-0.1, -0.05) is 6.92 Å². The van der Waals surface area contributed by atoms with Gasteiger partial charge in [-0.2, -0.15) is 0 Å². The predicted molar refractivity (Wildman–Crippen MR) is 69.2 cm³/mol. The van der Waals surface area contributed by atoms with Crippen molar-refractivity contribution in [1.82, 2.24) is 0 Å². The molecule has 0 bridgehead atoms. The molecular formula is C12H15BrO2S. The lowest BCUT2D eigenvalue weighted by Gasteiger charge is -2.14. The zero-order valence-corrected chi connectivity index (χ0v) is 11.9. The number of halogens is 1. The second kappa shape index (κ2) is 4.98. The summed E-state index contributed by atoms with van der Waals surface area (Å²) in [6.07, 6.45) is 1.89. The van der Waals surface area contributed by atoms with Gasteiger partial charge in [-0.15, -0.1) is 11.3 Å². The molecule has 88 valence electrons. The number of carbonyl (C=O) groups excluding carboxylic acids is 1. The van der Waals surface area contributed by atoms with Crippen LogP contribution < -0.4 is 0 Å². The average Bonchev–Trinajstić information content (AvgIpc) is 2.83. The molecule has 1 aromatic heterocycles. The Balaban J connectivity index is 2.21. The van der Waals surface area contributed by atoms with Gasteiger partial charge in [0.1, 0.15) is 0 Å². The van der Waals surface area contributed by atoms with Crippen LogP contribution in [-0.2, 0) is 4.74 Å². The third kappa shape index (κ3) is 2.24. The van der Waals surface area contributed by atoms with E-state index in [1.807, 2.05) is 13.0 Å². The minimum atomic E-state index is 0.0550. The first-order chi connectivity index (χ1) is 7.63. The van der Waals surface area contributed by atoms with Crippen LogP contribution >= 0.6 is 27.3 Å². The lowest BCUT2D eigenvalue weighted by molar-refractivity contribution is 0.0691. The van der Waals surface area contributed by atoms with E-state index >= 15 is 0 Å². The maximum atomic E-state index is 12.4. The molecule has 0 aliphatic carbocycles. The smallest absolute Gasteiger partial charge is 0.179 e. The van der Waals surface area contributed by atoms with Crippen LogP contribution in [0.15, 0.2) is 10.5 Å². The fourth-order valence-electron chi connectivity index (χ4n) is 2.17. The van der Waals surface area contributed by atoms with Crippen molar-refractivity contribution in [2.45, 2.75) is 32.8 Å². The quantitative estimate of drug-likeness (QED) is 0.794. The Morgan fingerprint density at radius 3 is 3.00 bits per heavy atom. The third-order valence-electron chi connectivity index (χ3n) is 2.98. The first-order valence-corrected chi connectivity index (χ1v) is 7.16. The van der Waals surface area contributed by atoms with Crippen LogP contribution in [0.1, 0.15) is 34.3 Å². The zero-order valence-electron chi connectivity index (χ0n) is 9.46. The van der Waals surface area contributed by atoms with E-state index < -0.39 is 0 Å². The highest BCUT2D eigenvalue weighted by Crippen LogP contribution is 2.33. The number of ketones is 1. The van der Waals surface area contributed by atoms with Gasteiger partial charge >= 0.3 is 0 Å². The van der Waals surface area contributed by atoms with Gasteiger partial charge in [0.15, 0.2) is 5.78 Å². The third-order valence-corrected chi connectivity index (χ3v) is 4.94. The van der Waals surface area contributed by atoms with E-state index in [4.69, 9.17) is 4.74 Å². The standard InChI is InChI=1S/C12H15BrO2S/c1-3-10-8(4-5-15-10)11(14)12-9(13)6-7(2)16-12/h6,8,10H,3-5H2,1-2H3. The number of rotatable bonds is 3. The summed E-state index contributed by atoms with van der Waals surface area (Å²) in [7, 11) is 0. The molecule has 2 unspecified atom stereocenters. The van der Waals surface area contributed by atoms with Gasteiger partial charge < -0.3 is 4.74 Å². The largest absolute Gasteiger partial charge is 0.377 e. The summed E-state index contributed by atoms with van der Waals surface area (Å²) >= 11 is 5.03. The van der Waals surface area contributed by atoms with E-state index in [1.54, 1.807) is 11.3 Å². The van der Waals surface area contributed by atoms with E-state index in [-0.39, 0.29) is 17.8 Å². The van der Waals surface area contributed by atoms with Crippen molar-refractivity contribution in [3.05, 3.63) is 20.3 Å². The van der Waals surface area contributed by atoms with E-state index in [1.165, 1.54) is 4.88 Å². The fraction of sp³-hybridized carbons (Fsp3) is 0.583. The number of hydrogen-bond donors (Lipinski definition) is 0. The van der Waals surface area contributed by atoms with Crippen molar-refractivity contribution in [3.8, 4) is 0 Å². The lowest BCUT2D eigenvalue weighted by Crippen LogP contribution is -2.23. The van der Waals surface area contributed by atoms with E-state index in [9.17, 15) is 4.79 Å². The molecule has 0 radical (unpaired) electrons. The van der Waals surface area contributed by atoms with Crippen LogP contribution in [0.4, 0.5) is 0 Å². The van der Waals surface area contributed by atoms with E-state index in [2.05, 4.69) is 22.9 Å². The van der Waals surface area contributed by atoms with Crippen molar-refractivity contribution in [1.29, 1.82) is 0 Å². The molecule has 0 saturated carbocycles. The van der Waals surface area contributed by atoms with Crippen LogP contribution in [0.2, 0.25) is 0 Å². The first kappa shape index (κ1) is 12.3. The molecule has 1 aromatic rings. The summed E-state index contributed by atoms with van der Waals surface area (Å²) < 4.78 is 6.50. The number of ether oxygens (including phenoxy) is 1. The number of aryl methyl sites for hydroxylation is 1. The van der Waals surface area contributed by atoms with E-state index in [0.717, 1.165) is 28.8 Å². The lowest BCUT2D eigenvalue weighted by atomic mass is 9.94. The van der Waals surface area contributed by atoms with Crippen LogP contribution in [0.5, 0.6) is 0 Å². The number of Topliss-reactive ketones (excluding diaryl/α,β-unsaturated/α-hetero) is 1. The highest BCUT2D eigenvalue weighted by Gasteiger charge is 2.34. The molecule has 1 saturated heterocycles. The maximum Gasteiger partial charge on any atom is 0.179 e. The molecular weight excluding hydrogens is 288 g/mol. The van der Waals surface area contributed by atoms with E-state index in [0.29, 0.717) is 0 Å². The second-order valence-corrected chi connectivity index (χ2v) is 6.22. The molecule has 2 nitrogen and oxygen atoms in total. The Morgan fingerprint density at radius 2 is 2.44 bits per heavy atom. The topological polar surface area (TPSA) is 26.3 Å². The molecule has 4 heteroatoms. The summed E-state index contributed by atoms with van der Waals surface area (Å²) in [6.45, 7) is 4.82. The summed E-state index contributed by atoms with van der Waals surface area (Å²) in [6, 6.07) is 2.01. The predicted octanol–water partition coefficient (Wildman–Crippen LogP) is 3.82. The normalized spacial score (nSPS) is 24.9. The number of thiophene rings is 1. The molecule has 1 aliphatic heterocycles. The zero-order chi connectivity index (χ0) is 11.7.